The molecule has 0 bridgehead atoms. The van der Waals surface area contributed by atoms with Crippen molar-refractivity contribution in [1.82, 2.24) is 18.7 Å². The van der Waals surface area contributed by atoms with Crippen LogP contribution in [-0.2, 0) is 20.1 Å². The Bertz CT molecular complexity index is 988. The van der Waals surface area contributed by atoms with Gasteiger partial charge in [-0.05, 0) is 11.0 Å². The third kappa shape index (κ3) is 2.91. The van der Waals surface area contributed by atoms with Crippen molar-refractivity contribution in [3.8, 4) is 0 Å². The zero-order valence-electron chi connectivity index (χ0n) is 14.5. The molecule has 2 aromatic heterocycles. The molecule has 0 amide bonds. The van der Waals surface area contributed by atoms with Gasteiger partial charge < -0.3 is 4.57 Å². The maximum absolute atomic E-state index is 12.6. The van der Waals surface area contributed by atoms with Crippen molar-refractivity contribution >= 4 is 11.2 Å². The summed E-state index contributed by atoms with van der Waals surface area (Å²) in [6.07, 6.45) is 1.65. The summed E-state index contributed by atoms with van der Waals surface area (Å²) in [5, 5.41) is 0. The first-order valence-electron chi connectivity index (χ1n) is 7.96. The van der Waals surface area contributed by atoms with E-state index in [9.17, 15) is 9.59 Å². The number of hydrogen-bond acceptors (Lipinski definition) is 3. The molecule has 6 nitrogen and oxygen atoms in total. The Morgan fingerprint density at radius 3 is 2.38 bits per heavy atom. The molecule has 0 saturated carbocycles. The molecule has 3 aromatic rings. The Balaban J connectivity index is 2.23. The number of fused-ring (bicyclic) bond motifs is 1. The van der Waals surface area contributed by atoms with E-state index in [0.717, 1.165) is 10.1 Å². The SMILES string of the molecule is Cn1c(=O)c2c(ncn2CC(C)(C)C)n(Cc2ccccc2)c1=O. The highest BCUT2D eigenvalue weighted by atomic mass is 16.2. The molecule has 24 heavy (non-hydrogen) atoms. The van der Waals surface area contributed by atoms with Crippen LogP contribution in [0.3, 0.4) is 0 Å². The predicted molar refractivity (Wildman–Crippen MR) is 94.2 cm³/mol. The summed E-state index contributed by atoms with van der Waals surface area (Å²) in [4.78, 5) is 29.6. The van der Waals surface area contributed by atoms with Crippen molar-refractivity contribution in [3.63, 3.8) is 0 Å². The van der Waals surface area contributed by atoms with Gasteiger partial charge in [-0.1, -0.05) is 51.1 Å². The molecule has 0 fully saturated rings. The highest BCUT2D eigenvalue weighted by Gasteiger charge is 2.19. The van der Waals surface area contributed by atoms with Gasteiger partial charge in [-0.25, -0.2) is 9.78 Å². The zero-order valence-corrected chi connectivity index (χ0v) is 14.5. The summed E-state index contributed by atoms with van der Waals surface area (Å²) in [6.45, 7) is 7.34. The lowest BCUT2D eigenvalue weighted by molar-refractivity contribution is 0.348. The van der Waals surface area contributed by atoms with Crippen molar-refractivity contribution in [2.45, 2.75) is 33.9 Å². The van der Waals surface area contributed by atoms with Crippen LogP contribution in [0.25, 0.3) is 11.2 Å². The highest BCUT2D eigenvalue weighted by molar-refractivity contribution is 5.70. The first kappa shape index (κ1) is 16.2. The van der Waals surface area contributed by atoms with Crippen LogP contribution in [0.4, 0.5) is 0 Å². The Labute approximate surface area is 140 Å². The number of rotatable bonds is 3. The van der Waals surface area contributed by atoms with Crippen molar-refractivity contribution in [2.75, 3.05) is 0 Å². The summed E-state index contributed by atoms with van der Waals surface area (Å²) < 4.78 is 4.57. The third-order valence-corrected chi connectivity index (χ3v) is 3.93. The monoisotopic (exact) mass is 326 g/mol. The quantitative estimate of drug-likeness (QED) is 0.739. The Hall–Kier alpha value is -2.63. The van der Waals surface area contributed by atoms with E-state index >= 15 is 0 Å². The second-order valence-electron chi connectivity index (χ2n) is 7.32. The van der Waals surface area contributed by atoms with E-state index in [1.54, 1.807) is 10.9 Å². The highest BCUT2D eigenvalue weighted by Crippen LogP contribution is 2.19. The Morgan fingerprint density at radius 1 is 1.08 bits per heavy atom. The first-order valence-corrected chi connectivity index (χ1v) is 7.96. The molecule has 0 aliphatic rings. The molecule has 0 aliphatic carbocycles. The van der Waals surface area contributed by atoms with E-state index in [0.29, 0.717) is 24.3 Å². The lowest BCUT2D eigenvalue weighted by Crippen LogP contribution is -2.39. The average molecular weight is 326 g/mol. The fourth-order valence-electron chi connectivity index (χ4n) is 2.84. The average Bonchev–Trinajstić information content (AvgIpc) is 2.92. The molecule has 0 atom stereocenters. The summed E-state index contributed by atoms with van der Waals surface area (Å²) in [5.74, 6) is 0. The van der Waals surface area contributed by atoms with Gasteiger partial charge in [-0.15, -0.1) is 0 Å². The molecule has 0 aliphatic heterocycles. The van der Waals surface area contributed by atoms with Gasteiger partial charge in [0.15, 0.2) is 11.2 Å². The van der Waals surface area contributed by atoms with Gasteiger partial charge in [0.05, 0.1) is 12.9 Å². The number of imidazole rings is 1. The topological polar surface area (TPSA) is 61.8 Å². The van der Waals surface area contributed by atoms with E-state index < -0.39 is 0 Å². The Kier molecular flexibility index (Phi) is 3.91. The summed E-state index contributed by atoms with van der Waals surface area (Å²) in [7, 11) is 1.51. The van der Waals surface area contributed by atoms with E-state index in [4.69, 9.17) is 0 Å². The molecule has 0 N–H and O–H groups in total. The van der Waals surface area contributed by atoms with Gasteiger partial charge in [0.1, 0.15) is 0 Å². The molecular weight excluding hydrogens is 304 g/mol. The molecular formula is C18H22N4O2. The van der Waals surface area contributed by atoms with Gasteiger partial charge in [0.25, 0.3) is 5.56 Å². The minimum atomic E-state index is -0.350. The standard InChI is InChI=1S/C18H22N4O2/c1-18(2,3)11-21-12-19-15-14(21)16(23)20(4)17(24)22(15)10-13-8-6-5-7-9-13/h5-9,12H,10-11H2,1-4H3. The minimum absolute atomic E-state index is 0.000955. The summed E-state index contributed by atoms with van der Waals surface area (Å²) in [5.41, 5.74) is 1.25. The molecule has 3 rings (SSSR count). The van der Waals surface area contributed by atoms with Gasteiger partial charge >= 0.3 is 5.69 Å². The van der Waals surface area contributed by atoms with Crippen LogP contribution < -0.4 is 11.2 Å². The van der Waals surface area contributed by atoms with E-state index in [2.05, 4.69) is 25.8 Å². The van der Waals surface area contributed by atoms with E-state index in [-0.39, 0.29) is 16.7 Å². The van der Waals surface area contributed by atoms with Crippen LogP contribution >= 0.6 is 0 Å². The molecule has 1 aromatic carbocycles. The van der Waals surface area contributed by atoms with Crippen LogP contribution in [0.1, 0.15) is 26.3 Å². The van der Waals surface area contributed by atoms with Gasteiger partial charge in [0, 0.05) is 13.6 Å². The van der Waals surface area contributed by atoms with Gasteiger partial charge in [0.2, 0.25) is 0 Å². The third-order valence-electron chi connectivity index (χ3n) is 3.93. The van der Waals surface area contributed by atoms with E-state index in [1.165, 1.54) is 7.05 Å². The van der Waals surface area contributed by atoms with Gasteiger partial charge in [-0.3, -0.25) is 13.9 Å². The van der Waals surface area contributed by atoms with Crippen molar-refractivity contribution < 1.29 is 0 Å². The second-order valence-corrected chi connectivity index (χ2v) is 7.32. The van der Waals surface area contributed by atoms with Crippen molar-refractivity contribution in [3.05, 3.63) is 63.1 Å². The maximum Gasteiger partial charge on any atom is 0.332 e. The fraction of sp³-hybridized carbons (Fsp3) is 0.389. The van der Waals surface area contributed by atoms with Gasteiger partial charge in [-0.2, -0.15) is 0 Å². The molecule has 0 unspecified atom stereocenters. The van der Waals surface area contributed by atoms with Crippen LogP contribution in [0, 0.1) is 5.41 Å². The number of benzene rings is 1. The van der Waals surface area contributed by atoms with Crippen LogP contribution in [0.15, 0.2) is 46.2 Å². The largest absolute Gasteiger partial charge is 0.332 e. The second kappa shape index (κ2) is 5.78. The summed E-state index contributed by atoms with van der Waals surface area (Å²) in [6, 6.07) is 9.70. The number of hydrogen-bond donors (Lipinski definition) is 0. The maximum atomic E-state index is 12.6. The van der Waals surface area contributed by atoms with Crippen molar-refractivity contribution in [2.24, 2.45) is 12.5 Å². The first-order chi connectivity index (χ1) is 11.3. The molecule has 0 spiro atoms. The smallest absolute Gasteiger partial charge is 0.324 e. The number of aromatic nitrogens is 4. The lowest BCUT2D eigenvalue weighted by atomic mass is 9.97. The van der Waals surface area contributed by atoms with Crippen molar-refractivity contribution in [1.29, 1.82) is 0 Å². The number of nitrogens with zero attached hydrogens (tertiary/aromatic N) is 4. The normalized spacial score (nSPS) is 12.0. The zero-order chi connectivity index (χ0) is 17.5. The Morgan fingerprint density at radius 2 is 1.75 bits per heavy atom. The minimum Gasteiger partial charge on any atom is -0.324 e. The molecule has 0 saturated heterocycles. The molecule has 126 valence electrons. The molecule has 2 heterocycles. The molecule has 0 radical (unpaired) electrons. The van der Waals surface area contributed by atoms with Crippen LogP contribution in [0.2, 0.25) is 0 Å². The summed E-state index contributed by atoms with van der Waals surface area (Å²) >= 11 is 0. The van der Waals surface area contributed by atoms with Crippen LogP contribution in [0.5, 0.6) is 0 Å². The van der Waals surface area contributed by atoms with Crippen LogP contribution in [-0.4, -0.2) is 18.7 Å². The lowest BCUT2D eigenvalue weighted by Gasteiger charge is -2.19. The predicted octanol–water partition coefficient (Wildman–Crippen LogP) is 1.99. The molecule has 6 heteroatoms. The van der Waals surface area contributed by atoms with E-state index in [1.807, 2.05) is 34.9 Å². The fourth-order valence-corrected chi connectivity index (χ4v) is 2.84.